The Hall–Kier alpha value is -1.39. The van der Waals surface area contributed by atoms with Crippen molar-refractivity contribution in [2.45, 2.75) is 19.9 Å². The maximum atomic E-state index is 13.0. The Bertz CT molecular complexity index is 437. The summed E-state index contributed by atoms with van der Waals surface area (Å²) in [5.74, 6) is 0.232. The standard InChI is InChI=1S/C17H27N3O/c1-4-19(5-2)17(21)16(15-9-7-6-8-10-15)20-13-11-18(3)12-14-20/h6-10,16H,4-5,11-14H2,1-3H3. The average molecular weight is 289 g/mol. The normalized spacial score (nSPS) is 18.4. The molecule has 4 heteroatoms. The highest BCUT2D eigenvalue weighted by atomic mass is 16.2. The highest BCUT2D eigenvalue weighted by molar-refractivity contribution is 5.83. The predicted octanol–water partition coefficient (Wildman–Crippen LogP) is 1.84. The molecule has 0 radical (unpaired) electrons. The molecule has 1 aliphatic heterocycles. The summed E-state index contributed by atoms with van der Waals surface area (Å²) in [4.78, 5) is 19.5. The quantitative estimate of drug-likeness (QED) is 0.827. The maximum absolute atomic E-state index is 13.0. The van der Waals surface area contributed by atoms with Crippen LogP contribution >= 0.6 is 0 Å². The van der Waals surface area contributed by atoms with Gasteiger partial charge in [0.2, 0.25) is 5.91 Å². The molecule has 1 fully saturated rings. The second kappa shape index (κ2) is 7.57. The van der Waals surface area contributed by atoms with Crippen LogP contribution in [-0.4, -0.2) is 66.9 Å². The van der Waals surface area contributed by atoms with Gasteiger partial charge in [-0.15, -0.1) is 0 Å². The molecule has 1 atom stereocenters. The van der Waals surface area contributed by atoms with Crippen LogP contribution in [0.4, 0.5) is 0 Å². The van der Waals surface area contributed by atoms with Crippen molar-refractivity contribution in [3.8, 4) is 0 Å². The van der Waals surface area contributed by atoms with E-state index in [1.165, 1.54) is 0 Å². The fourth-order valence-electron chi connectivity index (χ4n) is 2.93. The van der Waals surface area contributed by atoms with Crippen molar-refractivity contribution in [2.75, 3.05) is 46.3 Å². The summed E-state index contributed by atoms with van der Waals surface area (Å²) < 4.78 is 0. The minimum Gasteiger partial charge on any atom is -0.342 e. The molecule has 2 rings (SSSR count). The van der Waals surface area contributed by atoms with Crippen LogP contribution in [-0.2, 0) is 4.79 Å². The van der Waals surface area contributed by atoms with Crippen molar-refractivity contribution in [2.24, 2.45) is 0 Å². The lowest BCUT2D eigenvalue weighted by molar-refractivity contribution is -0.137. The van der Waals surface area contributed by atoms with Gasteiger partial charge in [0.25, 0.3) is 0 Å². The highest BCUT2D eigenvalue weighted by Gasteiger charge is 2.31. The first-order valence-corrected chi connectivity index (χ1v) is 7.93. The van der Waals surface area contributed by atoms with Gasteiger partial charge in [0.15, 0.2) is 0 Å². The molecule has 0 bridgehead atoms. The number of hydrogen-bond acceptors (Lipinski definition) is 3. The van der Waals surface area contributed by atoms with Crippen molar-refractivity contribution in [3.63, 3.8) is 0 Å². The number of carbonyl (C=O) groups is 1. The highest BCUT2D eigenvalue weighted by Crippen LogP contribution is 2.24. The van der Waals surface area contributed by atoms with Gasteiger partial charge in [0.05, 0.1) is 0 Å². The number of nitrogens with zero attached hydrogens (tertiary/aromatic N) is 3. The molecule has 1 amide bonds. The van der Waals surface area contributed by atoms with E-state index in [0.29, 0.717) is 0 Å². The molecular weight excluding hydrogens is 262 g/mol. The van der Waals surface area contributed by atoms with E-state index < -0.39 is 0 Å². The monoisotopic (exact) mass is 289 g/mol. The van der Waals surface area contributed by atoms with Crippen LogP contribution in [0.2, 0.25) is 0 Å². The van der Waals surface area contributed by atoms with Crippen molar-refractivity contribution in [1.29, 1.82) is 0 Å². The summed E-state index contributed by atoms with van der Waals surface area (Å²) in [6, 6.07) is 10.1. The van der Waals surface area contributed by atoms with E-state index in [4.69, 9.17) is 0 Å². The predicted molar refractivity (Wildman–Crippen MR) is 86.2 cm³/mol. The zero-order valence-electron chi connectivity index (χ0n) is 13.5. The number of piperazine rings is 1. The Morgan fingerprint density at radius 1 is 1.10 bits per heavy atom. The van der Waals surface area contributed by atoms with Crippen molar-refractivity contribution in [1.82, 2.24) is 14.7 Å². The molecule has 1 unspecified atom stereocenters. The number of rotatable bonds is 5. The fourth-order valence-corrected chi connectivity index (χ4v) is 2.93. The van der Waals surface area contributed by atoms with E-state index in [1.54, 1.807) is 0 Å². The largest absolute Gasteiger partial charge is 0.342 e. The van der Waals surface area contributed by atoms with Gasteiger partial charge in [-0.3, -0.25) is 9.69 Å². The molecule has 1 aromatic rings. The first-order valence-electron chi connectivity index (χ1n) is 7.93. The van der Waals surface area contributed by atoms with Gasteiger partial charge in [-0.2, -0.15) is 0 Å². The average Bonchev–Trinajstić information content (AvgIpc) is 2.52. The molecule has 0 aliphatic carbocycles. The van der Waals surface area contributed by atoms with Crippen LogP contribution in [0.25, 0.3) is 0 Å². The van der Waals surface area contributed by atoms with Gasteiger partial charge in [-0.05, 0) is 26.5 Å². The lowest BCUT2D eigenvalue weighted by Crippen LogP contribution is -2.50. The maximum Gasteiger partial charge on any atom is 0.244 e. The Kier molecular flexibility index (Phi) is 5.76. The SMILES string of the molecule is CCN(CC)C(=O)C(c1ccccc1)N1CCN(C)CC1. The molecule has 0 saturated carbocycles. The minimum atomic E-state index is -0.139. The van der Waals surface area contributed by atoms with Gasteiger partial charge in [0.1, 0.15) is 6.04 Å². The third-order valence-corrected chi connectivity index (χ3v) is 4.33. The molecule has 0 spiro atoms. The topological polar surface area (TPSA) is 26.8 Å². The lowest BCUT2D eigenvalue weighted by atomic mass is 10.0. The zero-order valence-corrected chi connectivity index (χ0v) is 13.5. The second-order valence-corrected chi connectivity index (χ2v) is 5.66. The summed E-state index contributed by atoms with van der Waals surface area (Å²) in [5, 5.41) is 0. The van der Waals surface area contributed by atoms with Crippen LogP contribution in [0, 0.1) is 0 Å². The van der Waals surface area contributed by atoms with Crippen molar-refractivity contribution in [3.05, 3.63) is 35.9 Å². The van der Waals surface area contributed by atoms with E-state index in [9.17, 15) is 4.79 Å². The molecule has 0 N–H and O–H groups in total. The molecule has 1 heterocycles. The molecule has 1 aromatic carbocycles. The van der Waals surface area contributed by atoms with Crippen LogP contribution in [0.3, 0.4) is 0 Å². The Morgan fingerprint density at radius 3 is 2.19 bits per heavy atom. The van der Waals surface area contributed by atoms with Crippen molar-refractivity contribution < 1.29 is 4.79 Å². The second-order valence-electron chi connectivity index (χ2n) is 5.66. The summed E-state index contributed by atoms with van der Waals surface area (Å²) in [7, 11) is 2.14. The lowest BCUT2D eigenvalue weighted by Gasteiger charge is -2.39. The van der Waals surface area contributed by atoms with Gasteiger partial charge in [-0.1, -0.05) is 30.3 Å². The van der Waals surface area contributed by atoms with Gasteiger partial charge >= 0.3 is 0 Å². The molecule has 0 aromatic heterocycles. The Morgan fingerprint density at radius 2 is 1.67 bits per heavy atom. The smallest absolute Gasteiger partial charge is 0.244 e. The first-order chi connectivity index (χ1) is 10.2. The zero-order chi connectivity index (χ0) is 15.2. The van der Waals surface area contributed by atoms with Crippen LogP contribution in [0.5, 0.6) is 0 Å². The number of hydrogen-bond donors (Lipinski definition) is 0. The Labute approximate surface area is 128 Å². The molecule has 4 nitrogen and oxygen atoms in total. The van der Waals surface area contributed by atoms with Gasteiger partial charge < -0.3 is 9.80 Å². The number of carbonyl (C=O) groups excluding carboxylic acids is 1. The molecule has 1 aliphatic rings. The van der Waals surface area contributed by atoms with E-state index in [1.807, 2.05) is 36.9 Å². The fraction of sp³-hybridized carbons (Fsp3) is 0.588. The third kappa shape index (κ3) is 3.83. The molecule has 21 heavy (non-hydrogen) atoms. The Balaban J connectivity index is 2.24. The summed E-state index contributed by atoms with van der Waals surface area (Å²) in [5.41, 5.74) is 1.11. The summed E-state index contributed by atoms with van der Waals surface area (Å²) in [6.45, 7) is 9.58. The first kappa shape index (κ1) is 16.0. The van der Waals surface area contributed by atoms with Crippen LogP contribution < -0.4 is 0 Å². The van der Waals surface area contributed by atoms with Gasteiger partial charge in [-0.25, -0.2) is 0 Å². The number of amides is 1. The number of benzene rings is 1. The van der Waals surface area contributed by atoms with Crippen LogP contribution in [0.1, 0.15) is 25.5 Å². The number of likely N-dealkylation sites (N-methyl/N-ethyl adjacent to an activating group) is 2. The van der Waals surface area contributed by atoms with E-state index in [2.05, 4.69) is 29.0 Å². The van der Waals surface area contributed by atoms with E-state index in [0.717, 1.165) is 44.8 Å². The van der Waals surface area contributed by atoms with Gasteiger partial charge in [0, 0.05) is 39.3 Å². The molecule has 116 valence electrons. The van der Waals surface area contributed by atoms with Crippen LogP contribution in [0.15, 0.2) is 30.3 Å². The summed E-state index contributed by atoms with van der Waals surface area (Å²) >= 11 is 0. The van der Waals surface area contributed by atoms with Crippen molar-refractivity contribution >= 4 is 5.91 Å². The van der Waals surface area contributed by atoms with E-state index >= 15 is 0 Å². The third-order valence-electron chi connectivity index (χ3n) is 4.33. The minimum absolute atomic E-state index is 0.139. The molecule has 1 saturated heterocycles. The van der Waals surface area contributed by atoms with E-state index in [-0.39, 0.29) is 11.9 Å². The summed E-state index contributed by atoms with van der Waals surface area (Å²) in [6.07, 6.45) is 0. The molecular formula is C17H27N3O.